The predicted octanol–water partition coefficient (Wildman–Crippen LogP) is 4.71. The van der Waals surface area contributed by atoms with Gasteiger partial charge in [-0.15, -0.1) is 0 Å². The maximum Gasteiger partial charge on any atom is 0.316 e. The van der Waals surface area contributed by atoms with Gasteiger partial charge in [-0.25, -0.2) is 15.0 Å². The lowest BCUT2D eigenvalue weighted by molar-refractivity contribution is -0.124. The average Bonchev–Trinajstić information content (AvgIpc) is 2.99. The number of hydrogen-bond donors (Lipinski definition) is 1. The van der Waals surface area contributed by atoms with Crippen LogP contribution in [0.1, 0.15) is 83.3 Å². The molecule has 0 bridgehead atoms. The first-order valence-electron chi connectivity index (χ1n) is 15.7. The maximum absolute atomic E-state index is 13.6. The molecule has 236 valence electrons. The van der Waals surface area contributed by atoms with Crippen LogP contribution in [0.4, 0.5) is 0 Å². The van der Waals surface area contributed by atoms with E-state index in [9.17, 15) is 4.79 Å². The highest BCUT2D eigenvalue weighted by molar-refractivity contribution is 5.83. The summed E-state index contributed by atoms with van der Waals surface area (Å²) in [7, 11) is 1.53. The third-order valence-corrected chi connectivity index (χ3v) is 8.40. The number of ether oxygens (including phenoxy) is 3. The molecule has 0 spiro atoms. The Hall–Kier alpha value is -3.73. The lowest BCUT2D eigenvalue weighted by Crippen LogP contribution is -2.39. The second-order valence-electron chi connectivity index (χ2n) is 13.4. The van der Waals surface area contributed by atoms with Crippen molar-refractivity contribution in [1.29, 1.82) is 0 Å². The van der Waals surface area contributed by atoms with E-state index in [4.69, 9.17) is 29.2 Å². The molecule has 1 aliphatic carbocycles. The smallest absolute Gasteiger partial charge is 0.316 e. The number of carbonyl (C=O) groups is 1. The van der Waals surface area contributed by atoms with E-state index in [2.05, 4.69) is 54.9 Å². The van der Waals surface area contributed by atoms with E-state index in [0.29, 0.717) is 54.9 Å². The summed E-state index contributed by atoms with van der Waals surface area (Å²) in [4.78, 5) is 40.9. The van der Waals surface area contributed by atoms with Gasteiger partial charge in [0.25, 0.3) is 0 Å². The van der Waals surface area contributed by atoms with Crippen molar-refractivity contribution in [3.8, 4) is 23.1 Å². The number of hydrogen-bond acceptors (Lipinski definition) is 10. The monoisotopic (exact) mass is 603 g/mol. The fourth-order valence-corrected chi connectivity index (χ4v) is 5.73. The lowest BCUT2D eigenvalue weighted by Gasteiger charge is -2.33. The molecule has 1 saturated carbocycles. The number of nitrogens with one attached hydrogen (secondary N) is 1. The summed E-state index contributed by atoms with van der Waals surface area (Å²) in [5.74, 6) is 2.10. The van der Waals surface area contributed by atoms with Gasteiger partial charge < -0.3 is 19.5 Å². The topological polar surface area (TPSA) is 134 Å². The summed E-state index contributed by atoms with van der Waals surface area (Å²) in [6.45, 7) is 12.5. The molecule has 11 nitrogen and oxygen atoms in total. The number of methoxy groups -OCH3 is 1. The van der Waals surface area contributed by atoms with Crippen LogP contribution in [0.5, 0.6) is 11.9 Å². The predicted molar refractivity (Wildman–Crippen MR) is 165 cm³/mol. The Morgan fingerprint density at radius 1 is 0.977 bits per heavy atom. The van der Waals surface area contributed by atoms with Crippen LogP contribution in [0.3, 0.4) is 0 Å². The van der Waals surface area contributed by atoms with Crippen molar-refractivity contribution < 1.29 is 19.0 Å². The van der Waals surface area contributed by atoms with Crippen molar-refractivity contribution in [2.75, 3.05) is 26.9 Å². The quantitative estimate of drug-likeness (QED) is 0.328. The van der Waals surface area contributed by atoms with Gasteiger partial charge in [0.15, 0.2) is 0 Å². The normalized spacial score (nSPS) is 19.7. The zero-order valence-electron chi connectivity index (χ0n) is 26.7. The third-order valence-electron chi connectivity index (χ3n) is 8.40. The molecular weight excluding hydrogens is 558 g/mol. The van der Waals surface area contributed by atoms with E-state index in [0.717, 1.165) is 49.1 Å². The Bertz CT molecular complexity index is 1380. The third kappa shape index (κ3) is 7.85. The molecule has 3 aromatic heterocycles. The molecule has 44 heavy (non-hydrogen) atoms. The molecule has 1 atom stereocenters. The summed E-state index contributed by atoms with van der Waals surface area (Å²) in [5, 5.41) is 3.15. The second-order valence-corrected chi connectivity index (χ2v) is 13.4. The highest BCUT2D eigenvalue weighted by Gasteiger charge is 2.35. The Balaban J connectivity index is 1.27. The van der Waals surface area contributed by atoms with Crippen LogP contribution in [0.15, 0.2) is 31.0 Å². The number of aromatic nitrogens is 6. The molecule has 2 fully saturated rings. The number of rotatable bonds is 11. The van der Waals surface area contributed by atoms with Gasteiger partial charge in [0.2, 0.25) is 11.8 Å². The average molecular weight is 604 g/mol. The van der Waals surface area contributed by atoms with Crippen molar-refractivity contribution in [1.82, 2.24) is 35.2 Å². The molecule has 1 saturated heterocycles. The van der Waals surface area contributed by atoms with E-state index in [1.54, 1.807) is 24.8 Å². The highest BCUT2D eigenvalue weighted by atomic mass is 16.6. The second kappa shape index (κ2) is 13.9. The summed E-state index contributed by atoms with van der Waals surface area (Å²) in [6.07, 6.45) is 13.3. The fourth-order valence-electron chi connectivity index (χ4n) is 5.73. The number of carbonyl (C=O) groups excluding carboxylic acids is 1. The Labute approximate surface area is 260 Å². The first-order valence-corrected chi connectivity index (χ1v) is 15.7. The molecule has 0 radical (unpaired) electrons. The van der Waals surface area contributed by atoms with Crippen molar-refractivity contribution in [3.63, 3.8) is 0 Å². The molecule has 11 heteroatoms. The Morgan fingerprint density at radius 3 is 2.27 bits per heavy atom. The van der Waals surface area contributed by atoms with Gasteiger partial charge in [-0.1, -0.05) is 34.6 Å². The van der Waals surface area contributed by atoms with E-state index in [1.807, 2.05) is 6.20 Å². The van der Waals surface area contributed by atoms with Gasteiger partial charge in [0.05, 0.1) is 43.8 Å². The van der Waals surface area contributed by atoms with E-state index in [-0.39, 0.29) is 29.3 Å². The van der Waals surface area contributed by atoms with Crippen LogP contribution in [-0.4, -0.2) is 68.8 Å². The largest absolute Gasteiger partial charge is 0.469 e. The van der Waals surface area contributed by atoms with Crippen molar-refractivity contribution >= 4 is 5.91 Å². The van der Waals surface area contributed by atoms with Crippen LogP contribution < -0.4 is 14.8 Å². The standard InChI is InChI=1S/C33H45N7O4/c1-20(2)12-37-30(41)29(27-17-34-26(16-35-27)23-13-38-32(42-6)39-14-23)22-9-7-21(8-10-22)11-28-36-15-25(33(3,4)5)31(40-28)44-24-18-43-19-24/h13-17,20-22,24,29H,7-12,18-19H2,1-6H3,(H,37,41). The minimum atomic E-state index is -0.365. The summed E-state index contributed by atoms with van der Waals surface area (Å²) in [6, 6.07) is 0.293. The molecule has 1 amide bonds. The van der Waals surface area contributed by atoms with Crippen molar-refractivity contribution in [3.05, 3.63) is 48.1 Å². The Kier molecular flexibility index (Phi) is 10.0. The van der Waals surface area contributed by atoms with E-state index in [1.165, 1.54) is 7.11 Å². The molecule has 3 aromatic rings. The summed E-state index contributed by atoms with van der Waals surface area (Å²) < 4.78 is 16.6. The molecule has 1 N–H and O–H groups in total. The maximum atomic E-state index is 13.6. The highest BCUT2D eigenvalue weighted by Crippen LogP contribution is 2.39. The van der Waals surface area contributed by atoms with Gasteiger partial charge in [-0.2, -0.15) is 4.98 Å². The van der Waals surface area contributed by atoms with Crippen LogP contribution in [0.2, 0.25) is 0 Å². The van der Waals surface area contributed by atoms with Crippen LogP contribution >= 0.6 is 0 Å². The van der Waals surface area contributed by atoms with Crippen LogP contribution in [-0.2, 0) is 21.4 Å². The molecule has 1 unspecified atom stereocenters. The Morgan fingerprint density at radius 2 is 1.70 bits per heavy atom. The molecule has 0 aromatic carbocycles. The summed E-state index contributed by atoms with van der Waals surface area (Å²) in [5.41, 5.74) is 2.96. The fraction of sp³-hybridized carbons (Fsp3) is 0.606. The summed E-state index contributed by atoms with van der Waals surface area (Å²) >= 11 is 0. The number of nitrogens with zero attached hydrogens (tertiary/aromatic N) is 6. The van der Waals surface area contributed by atoms with E-state index < -0.39 is 0 Å². The minimum absolute atomic E-state index is 0.0137. The first kappa shape index (κ1) is 31.7. The molecule has 4 heterocycles. The van der Waals surface area contributed by atoms with Gasteiger partial charge in [0, 0.05) is 48.9 Å². The van der Waals surface area contributed by atoms with Crippen molar-refractivity contribution in [2.45, 2.75) is 84.2 Å². The van der Waals surface area contributed by atoms with Crippen LogP contribution in [0.25, 0.3) is 11.3 Å². The number of amides is 1. The van der Waals surface area contributed by atoms with Gasteiger partial charge in [-0.3, -0.25) is 14.8 Å². The van der Waals surface area contributed by atoms with E-state index >= 15 is 0 Å². The van der Waals surface area contributed by atoms with Gasteiger partial charge in [0.1, 0.15) is 11.9 Å². The van der Waals surface area contributed by atoms with Gasteiger partial charge >= 0.3 is 6.01 Å². The molecule has 2 aliphatic rings. The molecule has 5 rings (SSSR count). The first-order chi connectivity index (χ1) is 21.1. The SMILES string of the molecule is COc1ncc(-c2cnc(C(C(=O)NCC(C)C)C3CCC(Cc4ncc(C(C)(C)C)c(OC5COC5)n4)CC3)cn2)cn1. The minimum Gasteiger partial charge on any atom is -0.469 e. The zero-order chi connectivity index (χ0) is 31.3. The zero-order valence-corrected chi connectivity index (χ0v) is 26.7. The van der Waals surface area contributed by atoms with Gasteiger partial charge in [-0.05, 0) is 48.9 Å². The molecule has 1 aliphatic heterocycles. The van der Waals surface area contributed by atoms with Crippen LogP contribution in [0, 0.1) is 17.8 Å². The van der Waals surface area contributed by atoms with Crippen molar-refractivity contribution in [2.24, 2.45) is 17.8 Å². The molecular formula is C33H45N7O4. The lowest BCUT2D eigenvalue weighted by atomic mass is 9.73.